The first-order chi connectivity index (χ1) is 11.1. The summed E-state index contributed by atoms with van der Waals surface area (Å²) in [5.41, 5.74) is 0.932. The van der Waals surface area contributed by atoms with Crippen LogP contribution >= 0.6 is 31.9 Å². The molecule has 0 unspecified atom stereocenters. The molecule has 0 fully saturated rings. The van der Waals surface area contributed by atoms with Crippen molar-refractivity contribution < 1.29 is 18.4 Å². The van der Waals surface area contributed by atoms with E-state index in [4.69, 9.17) is 0 Å². The van der Waals surface area contributed by atoms with E-state index < -0.39 is 14.9 Å². The molecule has 0 aliphatic heterocycles. The summed E-state index contributed by atoms with van der Waals surface area (Å²) < 4.78 is 28.2. The number of nitrogens with zero attached hydrogens (tertiary/aromatic N) is 1. The van der Waals surface area contributed by atoms with E-state index in [1.807, 2.05) is 0 Å². The maximum atomic E-state index is 12.6. The van der Waals surface area contributed by atoms with Crippen LogP contribution in [0.25, 0.3) is 0 Å². The zero-order valence-electron chi connectivity index (χ0n) is 12.5. The van der Waals surface area contributed by atoms with Gasteiger partial charge in [0, 0.05) is 12.1 Å². The van der Waals surface area contributed by atoms with Gasteiger partial charge in [0.1, 0.15) is 5.75 Å². The maximum absolute atomic E-state index is 12.6. The maximum Gasteiger partial charge on any atom is 0.270 e. The van der Waals surface area contributed by atoms with E-state index in [-0.39, 0.29) is 22.0 Å². The summed E-state index contributed by atoms with van der Waals surface area (Å²) in [6.07, 6.45) is 0. The summed E-state index contributed by atoms with van der Waals surface area (Å²) in [7, 11) is -4.04. The molecular weight excluding hydrogens is 468 g/mol. The Kier molecular flexibility index (Phi) is 5.21. The number of nitro groups is 1. The lowest BCUT2D eigenvalue weighted by atomic mass is 10.1. The molecule has 0 heterocycles. The van der Waals surface area contributed by atoms with Crippen molar-refractivity contribution in [3.05, 3.63) is 54.5 Å². The molecule has 0 aliphatic carbocycles. The van der Waals surface area contributed by atoms with Gasteiger partial charge in [-0.15, -0.1) is 0 Å². The first kappa shape index (κ1) is 18.7. The number of aromatic hydroxyl groups is 1. The van der Waals surface area contributed by atoms with Gasteiger partial charge in [-0.25, -0.2) is 8.42 Å². The number of sulfonamides is 1. The lowest BCUT2D eigenvalue weighted by molar-refractivity contribution is -0.385. The van der Waals surface area contributed by atoms with Gasteiger partial charge >= 0.3 is 0 Å². The monoisotopic (exact) mass is 478 g/mol. The molecule has 7 nitrogen and oxygen atoms in total. The molecule has 0 aliphatic rings. The van der Waals surface area contributed by atoms with E-state index in [1.165, 1.54) is 18.2 Å². The molecule has 24 heavy (non-hydrogen) atoms. The summed E-state index contributed by atoms with van der Waals surface area (Å²) in [6, 6.07) is 4.76. The Morgan fingerprint density at radius 2 is 1.71 bits per heavy atom. The molecule has 0 bridgehead atoms. The molecule has 0 aromatic heterocycles. The van der Waals surface area contributed by atoms with Gasteiger partial charge in [-0.1, -0.05) is 6.07 Å². The SMILES string of the molecule is Cc1c(Br)c(O)c(Br)c(C)c1NS(=O)(=O)c1cccc([N+](=O)[O-])c1. The topological polar surface area (TPSA) is 110 Å². The quantitative estimate of drug-likeness (QED) is 0.387. The molecule has 2 aromatic rings. The molecule has 10 heteroatoms. The number of phenolic OH excluding ortho intramolecular Hbond substituents is 1. The fourth-order valence-electron chi connectivity index (χ4n) is 2.06. The smallest absolute Gasteiger partial charge is 0.270 e. The number of nitrogens with one attached hydrogen (secondary N) is 1. The van der Waals surface area contributed by atoms with Crippen LogP contribution < -0.4 is 4.72 Å². The Bertz CT molecular complexity index is 915. The molecule has 2 aromatic carbocycles. The molecular formula is C14H12Br2N2O5S. The molecule has 0 radical (unpaired) electrons. The fourth-order valence-corrected chi connectivity index (χ4v) is 4.35. The Balaban J connectivity index is 2.55. The van der Waals surface area contributed by atoms with Gasteiger partial charge in [0.05, 0.1) is 24.5 Å². The number of non-ortho nitro benzene ring substituents is 1. The predicted octanol–water partition coefficient (Wildman–Crippen LogP) is 4.24. The molecule has 128 valence electrons. The van der Waals surface area contributed by atoms with Crippen molar-refractivity contribution in [3.63, 3.8) is 0 Å². The third kappa shape index (κ3) is 3.40. The van der Waals surface area contributed by atoms with E-state index in [2.05, 4.69) is 36.6 Å². The fraction of sp³-hybridized carbons (Fsp3) is 0.143. The van der Waals surface area contributed by atoms with Crippen molar-refractivity contribution >= 4 is 53.3 Å². The third-order valence-corrected chi connectivity index (χ3v) is 6.69. The van der Waals surface area contributed by atoms with Crippen LogP contribution in [0.5, 0.6) is 5.75 Å². The van der Waals surface area contributed by atoms with Crippen molar-refractivity contribution in [3.8, 4) is 5.75 Å². The van der Waals surface area contributed by atoms with Gasteiger partial charge in [0.2, 0.25) is 0 Å². The summed E-state index contributed by atoms with van der Waals surface area (Å²) in [6.45, 7) is 3.27. The summed E-state index contributed by atoms with van der Waals surface area (Å²) in [5, 5.41) is 20.8. The second-order valence-electron chi connectivity index (χ2n) is 4.96. The minimum atomic E-state index is -4.04. The highest BCUT2D eigenvalue weighted by Crippen LogP contribution is 2.43. The predicted molar refractivity (Wildman–Crippen MR) is 96.9 cm³/mol. The van der Waals surface area contributed by atoms with Gasteiger partial charge < -0.3 is 5.11 Å². The minimum absolute atomic E-state index is 0.0386. The Morgan fingerprint density at radius 1 is 1.17 bits per heavy atom. The number of rotatable bonds is 4. The Labute approximate surface area is 155 Å². The highest BCUT2D eigenvalue weighted by atomic mass is 79.9. The lowest BCUT2D eigenvalue weighted by Crippen LogP contribution is -2.15. The number of phenols is 1. The second-order valence-corrected chi connectivity index (χ2v) is 8.23. The van der Waals surface area contributed by atoms with Crippen molar-refractivity contribution in [2.45, 2.75) is 18.7 Å². The highest BCUT2D eigenvalue weighted by molar-refractivity contribution is 9.11. The van der Waals surface area contributed by atoms with Crippen LogP contribution in [0, 0.1) is 24.0 Å². The van der Waals surface area contributed by atoms with Crippen molar-refractivity contribution in [2.75, 3.05) is 4.72 Å². The van der Waals surface area contributed by atoms with Gasteiger partial charge in [-0.3, -0.25) is 14.8 Å². The number of halogens is 2. The van der Waals surface area contributed by atoms with E-state index in [0.29, 0.717) is 20.1 Å². The summed E-state index contributed by atoms with van der Waals surface area (Å²) in [4.78, 5) is 9.93. The number of nitro benzene ring substituents is 1. The minimum Gasteiger partial charge on any atom is -0.506 e. The lowest BCUT2D eigenvalue weighted by Gasteiger charge is -2.17. The van der Waals surface area contributed by atoms with Crippen molar-refractivity contribution in [1.82, 2.24) is 0 Å². The largest absolute Gasteiger partial charge is 0.506 e. The van der Waals surface area contributed by atoms with Crippen LogP contribution in [0.3, 0.4) is 0 Å². The molecule has 0 spiro atoms. The Morgan fingerprint density at radius 3 is 2.21 bits per heavy atom. The average molecular weight is 480 g/mol. The molecule has 2 N–H and O–H groups in total. The second kappa shape index (κ2) is 6.69. The van der Waals surface area contributed by atoms with Crippen LogP contribution in [0.4, 0.5) is 11.4 Å². The molecule has 0 atom stereocenters. The van der Waals surface area contributed by atoms with Crippen LogP contribution in [-0.2, 0) is 10.0 Å². The molecule has 2 rings (SSSR count). The summed E-state index contributed by atoms with van der Waals surface area (Å²) >= 11 is 6.41. The Hall–Kier alpha value is -1.65. The third-order valence-electron chi connectivity index (χ3n) is 3.40. The van der Waals surface area contributed by atoms with E-state index in [0.717, 1.165) is 6.07 Å². The zero-order valence-corrected chi connectivity index (χ0v) is 16.5. The van der Waals surface area contributed by atoms with E-state index in [9.17, 15) is 23.6 Å². The van der Waals surface area contributed by atoms with Crippen LogP contribution in [0.15, 0.2) is 38.1 Å². The van der Waals surface area contributed by atoms with Gasteiger partial charge in [-0.2, -0.15) is 0 Å². The van der Waals surface area contributed by atoms with Crippen molar-refractivity contribution in [1.29, 1.82) is 0 Å². The van der Waals surface area contributed by atoms with E-state index >= 15 is 0 Å². The number of benzene rings is 2. The van der Waals surface area contributed by atoms with Gasteiger partial charge in [0.25, 0.3) is 15.7 Å². The van der Waals surface area contributed by atoms with Gasteiger partial charge in [-0.05, 0) is 62.9 Å². The zero-order chi connectivity index (χ0) is 18.2. The van der Waals surface area contributed by atoms with Crippen LogP contribution in [0.2, 0.25) is 0 Å². The first-order valence-electron chi connectivity index (χ1n) is 6.50. The van der Waals surface area contributed by atoms with E-state index in [1.54, 1.807) is 13.8 Å². The molecule has 0 amide bonds. The number of hydrogen-bond donors (Lipinski definition) is 2. The van der Waals surface area contributed by atoms with Crippen molar-refractivity contribution in [2.24, 2.45) is 0 Å². The normalized spacial score (nSPS) is 11.3. The first-order valence-corrected chi connectivity index (χ1v) is 9.57. The van der Waals surface area contributed by atoms with Gasteiger partial charge in [0.15, 0.2) is 0 Å². The molecule has 0 saturated heterocycles. The molecule has 0 saturated carbocycles. The standard InChI is InChI=1S/C14H12Br2N2O5S/c1-7-11(15)14(19)12(16)8(2)13(7)17-24(22,23)10-5-3-4-9(6-10)18(20)21/h3-6,17,19H,1-2H3. The number of anilines is 1. The number of hydrogen-bond acceptors (Lipinski definition) is 5. The van der Waals surface area contributed by atoms with Crippen LogP contribution in [0.1, 0.15) is 11.1 Å². The average Bonchev–Trinajstić information content (AvgIpc) is 2.55. The highest BCUT2D eigenvalue weighted by Gasteiger charge is 2.23. The summed E-state index contributed by atoms with van der Waals surface area (Å²) in [5.74, 6) is -0.0386. The van der Waals surface area contributed by atoms with Crippen LogP contribution in [-0.4, -0.2) is 18.4 Å².